The summed E-state index contributed by atoms with van der Waals surface area (Å²) in [5, 5.41) is 1.40. The van der Waals surface area contributed by atoms with Gasteiger partial charge in [0.25, 0.3) is 0 Å². The first-order chi connectivity index (χ1) is 14.2. The Labute approximate surface area is 182 Å². The molecule has 5 heteroatoms. The van der Waals surface area contributed by atoms with Gasteiger partial charge in [0.2, 0.25) is 5.88 Å². The normalized spacial score (nSPS) is 19.4. The summed E-state index contributed by atoms with van der Waals surface area (Å²) < 4.78 is 5.87. The van der Waals surface area contributed by atoms with Crippen LogP contribution >= 0.6 is 23.2 Å². The zero-order valence-corrected chi connectivity index (χ0v) is 17.7. The molecule has 1 aromatic heterocycles. The molecule has 150 valence electrons. The number of ether oxygens (including phenoxy) is 1. The van der Waals surface area contributed by atoms with E-state index in [1.165, 1.54) is 11.1 Å². The molecule has 0 spiro atoms. The van der Waals surface area contributed by atoms with Gasteiger partial charge < -0.3 is 4.74 Å². The van der Waals surface area contributed by atoms with Gasteiger partial charge in [-0.05, 0) is 41.7 Å². The summed E-state index contributed by atoms with van der Waals surface area (Å²) in [6, 6.07) is 22.6. The molecule has 0 bridgehead atoms. The van der Waals surface area contributed by atoms with Crippen LogP contribution in [0.4, 0.5) is 0 Å². The molecule has 1 aliphatic heterocycles. The molecule has 1 saturated heterocycles. The summed E-state index contributed by atoms with van der Waals surface area (Å²) in [4.78, 5) is 6.76. The van der Waals surface area contributed by atoms with Gasteiger partial charge in [0.05, 0.1) is 11.6 Å². The molecule has 3 aromatic rings. The van der Waals surface area contributed by atoms with Crippen molar-refractivity contribution in [1.29, 1.82) is 0 Å². The highest BCUT2D eigenvalue weighted by Crippen LogP contribution is 2.36. The molecule has 1 aliphatic rings. The highest BCUT2D eigenvalue weighted by molar-refractivity contribution is 6.30. The minimum Gasteiger partial charge on any atom is -0.478 e. The average Bonchev–Trinajstić information content (AvgIpc) is 3.13. The Bertz CT molecular complexity index is 900. The highest BCUT2D eigenvalue weighted by Gasteiger charge is 2.33. The topological polar surface area (TPSA) is 25.4 Å². The molecule has 29 heavy (non-hydrogen) atoms. The van der Waals surface area contributed by atoms with Gasteiger partial charge in [-0.15, -0.1) is 0 Å². The fraction of sp³-hybridized carbons (Fsp3) is 0.292. The van der Waals surface area contributed by atoms with Crippen LogP contribution < -0.4 is 4.74 Å². The monoisotopic (exact) mass is 426 g/mol. The van der Waals surface area contributed by atoms with Crippen LogP contribution in [0.3, 0.4) is 0 Å². The lowest BCUT2D eigenvalue weighted by Gasteiger charge is -2.19. The van der Waals surface area contributed by atoms with E-state index in [0.29, 0.717) is 29.3 Å². The van der Waals surface area contributed by atoms with Gasteiger partial charge in [-0.2, -0.15) is 0 Å². The molecule has 2 heterocycles. The minimum atomic E-state index is 0.470. The van der Waals surface area contributed by atoms with E-state index in [1.807, 2.05) is 18.2 Å². The lowest BCUT2D eigenvalue weighted by molar-refractivity contribution is 0.256. The van der Waals surface area contributed by atoms with E-state index < -0.39 is 0 Å². The van der Waals surface area contributed by atoms with Crippen molar-refractivity contribution < 1.29 is 4.74 Å². The van der Waals surface area contributed by atoms with Crippen LogP contribution in [0.15, 0.2) is 72.9 Å². The molecule has 3 nitrogen and oxygen atoms in total. The second kappa shape index (κ2) is 9.62. The maximum atomic E-state index is 6.11. The maximum Gasteiger partial charge on any atom is 0.213 e. The summed E-state index contributed by atoms with van der Waals surface area (Å²) in [6.45, 7) is 3.71. The van der Waals surface area contributed by atoms with Gasteiger partial charge in [0, 0.05) is 42.8 Å². The summed E-state index contributed by atoms with van der Waals surface area (Å²) in [6.07, 6.45) is 2.59. The SMILES string of the molecule is Clc1ccc([C@H]2CN(Cc3ccccc3)CC2CCOc2ccc(Cl)cn2)cc1. The van der Waals surface area contributed by atoms with Crippen LogP contribution in [-0.4, -0.2) is 29.6 Å². The third-order valence-corrected chi connectivity index (χ3v) is 5.98. The largest absolute Gasteiger partial charge is 0.478 e. The quantitative estimate of drug-likeness (QED) is 0.458. The third-order valence-electron chi connectivity index (χ3n) is 5.50. The van der Waals surface area contributed by atoms with E-state index in [4.69, 9.17) is 27.9 Å². The van der Waals surface area contributed by atoms with Crippen molar-refractivity contribution in [1.82, 2.24) is 9.88 Å². The standard InChI is InChI=1S/C24H24Cl2N2O/c25-21-8-6-19(7-9-21)23-17-28(15-18-4-2-1-3-5-18)16-20(23)12-13-29-24-11-10-22(26)14-27-24/h1-11,14,20,23H,12-13,15-17H2/t20?,23-/m1/s1. The van der Waals surface area contributed by atoms with Crippen LogP contribution in [0.2, 0.25) is 10.0 Å². The molecule has 1 unspecified atom stereocenters. The number of hydrogen-bond acceptors (Lipinski definition) is 3. The van der Waals surface area contributed by atoms with E-state index in [0.717, 1.165) is 31.1 Å². The predicted octanol–water partition coefficient (Wildman–Crippen LogP) is 6.07. The minimum absolute atomic E-state index is 0.470. The Morgan fingerprint density at radius 1 is 0.897 bits per heavy atom. The van der Waals surface area contributed by atoms with Crippen LogP contribution in [-0.2, 0) is 6.54 Å². The zero-order chi connectivity index (χ0) is 20.1. The smallest absolute Gasteiger partial charge is 0.213 e. The molecule has 0 radical (unpaired) electrons. The summed E-state index contributed by atoms with van der Waals surface area (Å²) in [5.41, 5.74) is 2.70. The second-order valence-corrected chi connectivity index (χ2v) is 8.42. The van der Waals surface area contributed by atoms with Crippen molar-refractivity contribution in [2.45, 2.75) is 18.9 Å². The van der Waals surface area contributed by atoms with E-state index in [9.17, 15) is 0 Å². The van der Waals surface area contributed by atoms with Gasteiger partial charge in [-0.3, -0.25) is 4.90 Å². The number of benzene rings is 2. The number of likely N-dealkylation sites (tertiary alicyclic amines) is 1. The lowest BCUT2D eigenvalue weighted by atomic mass is 9.87. The first-order valence-electron chi connectivity index (χ1n) is 9.93. The summed E-state index contributed by atoms with van der Waals surface area (Å²) in [5.74, 6) is 1.61. The van der Waals surface area contributed by atoms with Crippen molar-refractivity contribution in [2.24, 2.45) is 5.92 Å². The molecule has 2 aromatic carbocycles. The second-order valence-electron chi connectivity index (χ2n) is 7.55. The molecular weight excluding hydrogens is 403 g/mol. The molecular formula is C24H24Cl2N2O. The fourth-order valence-corrected chi connectivity index (χ4v) is 4.31. The molecule has 2 atom stereocenters. The van der Waals surface area contributed by atoms with Gasteiger partial charge in [-0.1, -0.05) is 65.7 Å². The van der Waals surface area contributed by atoms with Crippen molar-refractivity contribution >= 4 is 23.2 Å². The number of aromatic nitrogens is 1. The van der Waals surface area contributed by atoms with Crippen LogP contribution in [0.5, 0.6) is 5.88 Å². The van der Waals surface area contributed by atoms with Gasteiger partial charge >= 0.3 is 0 Å². The zero-order valence-electron chi connectivity index (χ0n) is 16.2. The first kappa shape index (κ1) is 20.2. The Morgan fingerprint density at radius 3 is 2.38 bits per heavy atom. The van der Waals surface area contributed by atoms with Crippen molar-refractivity contribution in [3.05, 3.63) is 94.1 Å². The molecule has 0 aliphatic carbocycles. The van der Waals surface area contributed by atoms with Gasteiger partial charge in [0.1, 0.15) is 0 Å². The third kappa shape index (κ3) is 5.51. The lowest BCUT2D eigenvalue weighted by Crippen LogP contribution is -2.20. The molecule has 0 N–H and O–H groups in total. The number of rotatable bonds is 7. The Morgan fingerprint density at radius 2 is 1.66 bits per heavy atom. The molecule has 1 fully saturated rings. The Balaban J connectivity index is 1.42. The number of halogens is 2. The van der Waals surface area contributed by atoms with E-state index in [-0.39, 0.29) is 0 Å². The van der Waals surface area contributed by atoms with Gasteiger partial charge in [0.15, 0.2) is 0 Å². The molecule has 4 rings (SSSR count). The van der Waals surface area contributed by atoms with Crippen molar-refractivity contribution in [3.63, 3.8) is 0 Å². The average molecular weight is 427 g/mol. The number of pyridine rings is 1. The maximum absolute atomic E-state index is 6.11. The predicted molar refractivity (Wildman–Crippen MR) is 119 cm³/mol. The van der Waals surface area contributed by atoms with Gasteiger partial charge in [-0.25, -0.2) is 4.98 Å². The number of hydrogen-bond donors (Lipinski definition) is 0. The van der Waals surface area contributed by atoms with Crippen molar-refractivity contribution in [2.75, 3.05) is 19.7 Å². The van der Waals surface area contributed by atoms with Crippen LogP contribution in [0, 0.1) is 5.92 Å². The van der Waals surface area contributed by atoms with Crippen molar-refractivity contribution in [3.8, 4) is 5.88 Å². The fourth-order valence-electron chi connectivity index (χ4n) is 4.07. The van der Waals surface area contributed by atoms with Crippen LogP contribution in [0.1, 0.15) is 23.5 Å². The Hall–Kier alpha value is -2.07. The summed E-state index contributed by atoms with van der Waals surface area (Å²) in [7, 11) is 0. The molecule has 0 saturated carbocycles. The highest BCUT2D eigenvalue weighted by atomic mass is 35.5. The molecule has 0 amide bonds. The number of nitrogens with zero attached hydrogens (tertiary/aromatic N) is 2. The summed E-state index contributed by atoms with van der Waals surface area (Å²) >= 11 is 12.0. The first-order valence-corrected chi connectivity index (χ1v) is 10.7. The Kier molecular flexibility index (Phi) is 6.70. The van der Waals surface area contributed by atoms with E-state index in [1.54, 1.807) is 12.3 Å². The van der Waals surface area contributed by atoms with E-state index in [2.05, 4.69) is 52.3 Å². The van der Waals surface area contributed by atoms with Crippen LogP contribution in [0.25, 0.3) is 0 Å². The van der Waals surface area contributed by atoms with E-state index >= 15 is 0 Å².